The summed E-state index contributed by atoms with van der Waals surface area (Å²) in [6.45, 7) is 4.14. The van der Waals surface area contributed by atoms with Crippen molar-refractivity contribution >= 4 is 39.7 Å². The van der Waals surface area contributed by atoms with Crippen molar-refractivity contribution in [3.63, 3.8) is 0 Å². The van der Waals surface area contributed by atoms with Crippen molar-refractivity contribution in [1.29, 1.82) is 0 Å². The van der Waals surface area contributed by atoms with E-state index in [0.29, 0.717) is 16.5 Å². The van der Waals surface area contributed by atoms with Crippen LogP contribution in [0.2, 0.25) is 10.0 Å². The fourth-order valence-corrected chi connectivity index (χ4v) is 3.93. The molecule has 0 aliphatic carbocycles. The van der Waals surface area contributed by atoms with Gasteiger partial charge in [0.2, 0.25) is 0 Å². The molecule has 0 radical (unpaired) electrons. The molecule has 0 spiro atoms. The predicted molar refractivity (Wildman–Crippen MR) is 105 cm³/mol. The second-order valence-electron chi connectivity index (χ2n) is 6.67. The summed E-state index contributed by atoms with van der Waals surface area (Å²) in [5.41, 5.74) is 3.66. The van der Waals surface area contributed by atoms with Gasteiger partial charge in [-0.05, 0) is 48.4 Å². The molecule has 1 atom stereocenters. The minimum atomic E-state index is -0.574. The quantitative estimate of drug-likeness (QED) is 0.505. The summed E-state index contributed by atoms with van der Waals surface area (Å²) < 4.78 is 0. The second kappa shape index (κ2) is 6.05. The van der Waals surface area contributed by atoms with Gasteiger partial charge in [0, 0.05) is 27.6 Å². The number of oxime groups is 1. The first-order chi connectivity index (χ1) is 12.0. The summed E-state index contributed by atoms with van der Waals surface area (Å²) in [6.07, 6.45) is 0.663. The van der Waals surface area contributed by atoms with E-state index in [0.717, 1.165) is 16.8 Å². The zero-order valence-corrected chi connectivity index (χ0v) is 15.5. The van der Waals surface area contributed by atoms with Crippen LogP contribution in [0.1, 0.15) is 30.0 Å². The Labute approximate surface area is 157 Å². The highest BCUT2D eigenvalue weighted by Gasteiger charge is 2.37. The van der Waals surface area contributed by atoms with Crippen LogP contribution in [0.25, 0.3) is 10.8 Å². The van der Waals surface area contributed by atoms with Crippen molar-refractivity contribution in [2.75, 3.05) is 0 Å². The third kappa shape index (κ3) is 2.90. The first-order valence-corrected chi connectivity index (χ1v) is 8.92. The van der Waals surface area contributed by atoms with Crippen molar-refractivity contribution in [2.24, 2.45) is 5.16 Å². The lowest BCUT2D eigenvalue weighted by molar-refractivity contribution is -0.00737. The number of rotatable bonds is 2. The van der Waals surface area contributed by atoms with E-state index in [4.69, 9.17) is 28.0 Å². The molecule has 4 heteroatoms. The maximum atomic E-state index is 6.16. The monoisotopic (exact) mass is 369 g/mol. The number of aryl methyl sites for hydroxylation is 1. The van der Waals surface area contributed by atoms with Crippen LogP contribution in [0.5, 0.6) is 0 Å². The largest absolute Gasteiger partial charge is 0.384 e. The van der Waals surface area contributed by atoms with Crippen molar-refractivity contribution in [3.8, 4) is 0 Å². The molecule has 25 heavy (non-hydrogen) atoms. The normalized spacial score (nSPS) is 19.8. The molecular weight excluding hydrogens is 353 g/mol. The van der Waals surface area contributed by atoms with Crippen LogP contribution in [0.4, 0.5) is 0 Å². The van der Waals surface area contributed by atoms with E-state index in [1.807, 2.05) is 19.1 Å². The Kier molecular flexibility index (Phi) is 3.98. The molecule has 1 heterocycles. The molecule has 1 aliphatic heterocycles. The molecule has 3 aromatic rings. The number of nitrogens with zero attached hydrogens (tertiary/aromatic N) is 1. The lowest BCUT2D eigenvalue weighted by Gasteiger charge is -2.22. The fourth-order valence-electron chi connectivity index (χ4n) is 3.40. The Hall–Kier alpha value is -2.03. The van der Waals surface area contributed by atoms with Gasteiger partial charge in [0.25, 0.3) is 0 Å². The Bertz CT molecular complexity index is 992. The molecule has 0 amide bonds. The number of halogens is 2. The van der Waals surface area contributed by atoms with Crippen LogP contribution in [0.3, 0.4) is 0 Å². The SMILES string of the molecule is Cc1ccc(C2=NOC(C)(c3cc(Cl)cc(Cl)c3)C2)c2ccccc12. The number of fused-ring (bicyclic) bond motifs is 1. The van der Waals surface area contributed by atoms with Crippen LogP contribution in [-0.2, 0) is 10.4 Å². The molecule has 0 aromatic heterocycles. The van der Waals surface area contributed by atoms with Gasteiger partial charge in [-0.1, -0.05) is 64.8 Å². The molecule has 0 saturated heterocycles. The van der Waals surface area contributed by atoms with Crippen molar-refractivity contribution in [3.05, 3.63) is 81.3 Å². The molecule has 4 rings (SSSR count). The molecule has 1 unspecified atom stereocenters. The van der Waals surface area contributed by atoms with E-state index < -0.39 is 5.60 Å². The highest BCUT2D eigenvalue weighted by atomic mass is 35.5. The summed E-state index contributed by atoms with van der Waals surface area (Å²) in [6, 6.07) is 18.1. The highest BCUT2D eigenvalue weighted by Crippen LogP contribution is 2.39. The molecule has 0 bridgehead atoms. The van der Waals surface area contributed by atoms with Crippen molar-refractivity contribution in [2.45, 2.75) is 25.9 Å². The highest BCUT2D eigenvalue weighted by molar-refractivity contribution is 6.34. The van der Waals surface area contributed by atoms with Gasteiger partial charge in [0.1, 0.15) is 0 Å². The smallest absolute Gasteiger partial charge is 0.165 e. The minimum absolute atomic E-state index is 0.574. The zero-order valence-electron chi connectivity index (χ0n) is 14.0. The van der Waals surface area contributed by atoms with Crippen LogP contribution >= 0.6 is 23.2 Å². The van der Waals surface area contributed by atoms with Crippen LogP contribution in [-0.4, -0.2) is 5.71 Å². The fraction of sp³-hybridized carbons (Fsp3) is 0.190. The molecule has 0 N–H and O–H groups in total. The lowest BCUT2D eigenvalue weighted by atomic mass is 9.87. The minimum Gasteiger partial charge on any atom is -0.384 e. The van der Waals surface area contributed by atoms with Gasteiger partial charge in [-0.15, -0.1) is 0 Å². The Morgan fingerprint density at radius 3 is 2.36 bits per heavy atom. The first-order valence-electron chi connectivity index (χ1n) is 8.17. The standard InChI is InChI=1S/C21H17Cl2NO/c1-13-7-8-19(18-6-4-3-5-17(13)18)20-12-21(2,25-24-20)14-9-15(22)11-16(23)10-14/h3-11H,12H2,1-2H3. The summed E-state index contributed by atoms with van der Waals surface area (Å²) in [5, 5.41) is 8.03. The molecule has 126 valence electrons. The van der Waals surface area contributed by atoms with Gasteiger partial charge in [0.15, 0.2) is 5.60 Å². The lowest BCUT2D eigenvalue weighted by Crippen LogP contribution is -2.22. The maximum absolute atomic E-state index is 6.16. The number of hydrogen-bond donors (Lipinski definition) is 0. The van der Waals surface area contributed by atoms with E-state index in [9.17, 15) is 0 Å². The topological polar surface area (TPSA) is 21.6 Å². The average molecular weight is 370 g/mol. The van der Waals surface area contributed by atoms with Crippen LogP contribution in [0, 0.1) is 6.92 Å². The van der Waals surface area contributed by atoms with Crippen LogP contribution in [0.15, 0.2) is 59.8 Å². The maximum Gasteiger partial charge on any atom is 0.165 e. The summed E-state index contributed by atoms with van der Waals surface area (Å²) in [5.74, 6) is 0. The van der Waals surface area contributed by atoms with Crippen molar-refractivity contribution < 1.29 is 4.84 Å². The summed E-state index contributed by atoms with van der Waals surface area (Å²) in [7, 11) is 0. The Morgan fingerprint density at radius 2 is 1.64 bits per heavy atom. The van der Waals surface area contributed by atoms with Gasteiger partial charge < -0.3 is 4.84 Å². The zero-order chi connectivity index (χ0) is 17.6. The van der Waals surface area contributed by atoms with E-state index >= 15 is 0 Å². The van der Waals surface area contributed by atoms with Crippen LogP contribution < -0.4 is 0 Å². The Balaban J connectivity index is 1.74. The van der Waals surface area contributed by atoms with Gasteiger partial charge in [0.05, 0.1) is 5.71 Å². The second-order valence-corrected chi connectivity index (χ2v) is 7.54. The Morgan fingerprint density at radius 1 is 0.960 bits per heavy atom. The predicted octanol–water partition coefficient (Wildman–Crippen LogP) is 6.49. The third-order valence-corrected chi connectivity index (χ3v) is 5.22. The molecule has 3 aromatic carbocycles. The van der Waals surface area contributed by atoms with Gasteiger partial charge in [-0.3, -0.25) is 0 Å². The summed E-state index contributed by atoms with van der Waals surface area (Å²) >= 11 is 12.3. The van der Waals surface area contributed by atoms with Gasteiger partial charge in [-0.25, -0.2) is 0 Å². The van der Waals surface area contributed by atoms with E-state index in [1.54, 1.807) is 6.07 Å². The van der Waals surface area contributed by atoms with Crippen molar-refractivity contribution in [1.82, 2.24) is 0 Å². The average Bonchev–Trinajstić information content (AvgIpc) is 2.98. The molecule has 0 saturated carbocycles. The summed E-state index contributed by atoms with van der Waals surface area (Å²) in [4.78, 5) is 5.85. The van der Waals surface area contributed by atoms with Gasteiger partial charge >= 0.3 is 0 Å². The van der Waals surface area contributed by atoms with E-state index in [-0.39, 0.29) is 0 Å². The third-order valence-electron chi connectivity index (χ3n) is 4.79. The molecular formula is C21H17Cl2NO. The van der Waals surface area contributed by atoms with E-state index in [1.165, 1.54) is 16.3 Å². The molecule has 0 fully saturated rings. The molecule has 1 aliphatic rings. The number of benzene rings is 3. The number of hydrogen-bond acceptors (Lipinski definition) is 2. The van der Waals surface area contributed by atoms with E-state index in [2.05, 4.69) is 48.5 Å². The van der Waals surface area contributed by atoms with Gasteiger partial charge in [-0.2, -0.15) is 0 Å². The molecule has 2 nitrogen and oxygen atoms in total. The first kappa shape index (κ1) is 16.4.